The molecule has 7 nitrogen and oxygen atoms in total. The molecule has 7 heteroatoms. The molecule has 0 aromatic heterocycles. The van der Waals surface area contributed by atoms with Crippen molar-refractivity contribution in [2.24, 2.45) is 0 Å². The van der Waals surface area contributed by atoms with Crippen LogP contribution in [0.3, 0.4) is 0 Å². The number of nitrogens with zero attached hydrogens (tertiary/aromatic N) is 2. The summed E-state index contributed by atoms with van der Waals surface area (Å²) in [7, 11) is 1.56. The highest BCUT2D eigenvalue weighted by Crippen LogP contribution is 2.42. The molecule has 1 saturated carbocycles. The van der Waals surface area contributed by atoms with E-state index in [2.05, 4.69) is 17.4 Å². The number of hydrogen-bond acceptors (Lipinski definition) is 4. The molecule has 0 spiro atoms. The van der Waals surface area contributed by atoms with Crippen LogP contribution >= 0.6 is 0 Å². The Morgan fingerprint density at radius 1 is 1.03 bits per heavy atom. The lowest BCUT2D eigenvalue weighted by molar-refractivity contribution is -0.130. The van der Waals surface area contributed by atoms with Crippen molar-refractivity contribution in [2.45, 2.75) is 56.0 Å². The lowest BCUT2D eigenvalue weighted by Gasteiger charge is -2.42. The molecule has 1 N–H and O–H groups in total. The number of rotatable bonds is 6. The van der Waals surface area contributed by atoms with Crippen LogP contribution < -0.4 is 10.1 Å². The number of ether oxygens (including phenoxy) is 1. The van der Waals surface area contributed by atoms with Gasteiger partial charge in [0.25, 0.3) is 11.8 Å². The minimum absolute atomic E-state index is 0.0239. The second-order valence-electron chi connectivity index (χ2n) is 9.60. The Morgan fingerprint density at radius 2 is 1.74 bits per heavy atom. The zero-order valence-electron chi connectivity index (χ0n) is 19.5. The smallest absolute Gasteiger partial charge is 0.327 e. The molecule has 0 unspecified atom stereocenters. The number of methoxy groups -OCH3 is 1. The SMILES string of the molecule is COc1ccccc1C(=O)NC[C@]1(c2ccccc2)CC[C@H](N2C(=O)[C@@H]3CCCN3C2=O)CC1. The van der Waals surface area contributed by atoms with E-state index in [9.17, 15) is 14.4 Å². The first-order valence-corrected chi connectivity index (χ1v) is 12.1. The Kier molecular flexibility index (Phi) is 6.02. The maximum absolute atomic E-state index is 13.0. The molecule has 5 rings (SSSR count). The predicted molar refractivity (Wildman–Crippen MR) is 128 cm³/mol. The second-order valence-corrected chi connectivity index (χ2v) is 9.60. The molecule has 2 aliphatic heterocycles. The van der Waals surface area contributed by atoms with E-state index in [0.29, 0.717) is 24.4 Å². The summed E-state index contributed by atoms with van der Waals surface area (Å²) in [6, 6.07) is 17.0. The van der Waals surface area contributed by atoms with Crippen LogP contribution in [-0.2, 0) is 10.2 Å². The molecule has 2 heterocycles. The number of benzene rings is 2. The topological polar surface area (TPSA) is 79.0 Å². The number of hydrogen-bond donors (Lipinski definition) is 1. The minimum atomic E-state index is -0.256. The third kappa shape index (κ3) is 3.83. The number of amides is 4. The number of carbonyl (C=O) groups is 3. The normalized spacial score (nSPS) is 26.5. The molecule has 178 valence electrons. The van der Waals surface area contributed by atoms with Crippen molar-refractivity contribution in [1.29, 1.82) is 0 Å². The van der Waals surface area contributed by atoms with Crippen molar-refractivity contribution in [3.8, 4) is 5.75 Å². The summed E-state index contributed by atoms with van der Waals surface area (Å²) in [5.74, 6) is 0.355. The van der Waals surface area contributed by atoms with Gasteiger partial charge in [-0.05, 0) is 56.2 Å². The van der Waals surface area contributed by atoms with Gasteiger partial charge in [0.2, 0.25) is 0 Å². The van der Waals surface area contributed by atoms with Crippen LogP contribution in [-0.4, -0.2) is 59.9 Å². The third-order valence-corrected chi connectivity index (χ3v) is 7.83. The van der Waals surface area contributed by atoms with E-state index in [1.54, 1.807) is 24.1 Å². The number of nitrogens with one attached hydrogen (secondary N) is 1. The molecule has 2 aromatic rings. The van der Waals surface area contributed by atoms with E-state index >= 15 is 0 Å². The summed E-state index contributed by atoms with van der Waals surface area (Å²) in [6.45, 7) is 1.17. The fourth-order valence-electron chi connectivity index (χ4n) is 5.93. The molecule has 34 heavy (non-hydrogen) atoms. The molecule has 0 bridgehead atoms. The van der Waals surface area contributed by atoms with Crippen LogP contribution in [0.1, 0.15) is 54.4 Å². The highest BCUT2D eigenvalue weighted by molar-refractivity contribution is 6.05. The van der Waals surface area contributed by atoms with E-state index in [0.717, 1.165) is 38.5 Å². The van der Waals surface area contributed by atoms with Gasteiger partial charge in [-0.1, -0.05) is 42.5 Å². The Balaban J connectivity index is 1.33. The molecule has 2 aromatic carbocycles. The number of para-hydroxylation sites is 1. The molecule has 0 radical (unpaired) electrons. The largest absolute Gasteiger partial charge is 0.496 e. The van der Waals surface area contributed by atoms with E-state index < -0.39 is 0 Å². The molecule has 3 fully saturated rings. The van der Waals surface area contributed by atoms with Crippen LogP contribution in [0, 0.1) is 0 Å². The summed E-state index contributed by atoms with van der Waals surface area (Å²) in [6.07, 6.45) is 4.72. The van der Waals surface area contributed by atoms with Gasteiger partial charge < -0.3 is 15.0 Å². The van der Waals surface area contributed by atoms with Gasteiger partial charge >= 0.3 is 6.03 Å². The zero-order valence-corrected chi connectivity index (χ0v) is 19.5. The van der Waals surface area contributed by atoms with Gasteiger partial charge in [0.1, 0.15) is 11.8 Å². The summed E-state index contributed by atoms with van der Waals surface area (Å²) < 4.78 is 5.36. The molecular weight excluding hydrogens is 430 g/mol. The molecule has 2 saturated heterocycles. The number of carbonyl (C=O) groups excluding carboxylic acids is 3. The third-order valence-electron chi connectivity index (χ3n) is 7.83. The molecule has 4 amide bonds. The average molecular weight is 462 g/mol. The quantitative estimate of drug-likeness (QED) is 0.665. The first-order valence-electron chi connectivity index (χ1n) is 12.1. The van der Waals surface area contributed by atoms with Crippen LogP contribution in [0.5, 0.6) is 5.75 Å². The van der Waals surface area contributed by atoms with E-state index in [4.69, 9.17) is 4.74 Å². The van der Waals surface area contributed by atoms with Gasteiger partial charge in [0, 0.05) is 24.5 Å². The summed E-state index contributed by atoms with van der Waals surface area (Å²) in [4.78, 5) is 42.2. The standard InChI is InChI=1S/C27H31N3O4/c1-34-23-12-6-5-10-21(23)24(31)28-18-27(19-8-3-2-4-9-19)15-13-20(14-16-27)30-25(32)22-11-7-17-29(22)26(30)33/h2-6,8-10,12,20,22H,7,11,13-18H2,1H3,(H,28,31)/t20-,22-,27-/m0/s1. The van der Waals surface area contributed by atoms with Crippen molar-refractivity contribution in [1.82, 2.24) is 15.1 Å². The fraction of sp³-hybridized carbons (Fsp3) is 0.444. The van der Waals surface area contributed by atoms with Crippen molar-refractivity contribution in [3.63, 3.8) is 0 Å². The van der Waals surface area contributed by atoms with Crippen LogP contribution in [0.4, 0.5) is 4.79 Å². The van der Waals surface area contributed by atoms with Gasteiger partial charge in [-0.3, -0.25) is 14.5 Å². The Morgan fingerprint density at radius 3 is 2.44 bits per heavy atom. The van der Waals surface area contributed by atoms with Crippen LogP contribution in [0.15, 0.2) is 54.6 Å². The van der Waals surface area contributed by atoms with E-state index in [-0.39, 0.29) is 35.3 Å². The van der Waals surface area contributed by atoms with Crippen molar-refractivity contribution < 1.29 is 19.1 Å². The van der Waals surface area contributed by atoms with Gasteiger partial charge in [-0.15, -0.1) is 0 Å². The predicted octanol–water partition coefficient (Wildman–Crippen LogP) is 3.73. The monoisotopic (exact) mass is 461 g/mol. The van der Waals surface area contributed by atoms with Crippen molar-refractivity contribution in [2.75, 3.05) is 20.2 Å². The van der Waals surface area contributed by atoms with Crippen LogP contribution in [0.2, 0.25) is 0 Å². The minimum Gasteiger partial charge on any atom is -0.496 e. The Bertz CT molecular complexity index is 1060. The highest BCUT2D eigenvalue weighted by atomic mass is 16.5. The number of imide groups is 1. The van der Waals surface area contributed by atoms with E-state index in [1.165, 1.54) is 10.5 Å². The maximum atomic E-state index is 13.0. The summed E-state index contributed by atoms with van der Waals surface area (Å²) >= 11 is 0. The van der Waals surface area contributed by atoms with Crippen LogP contribution in [0.25, 0.3) is 0 Å². The van der Waals surface area contributed by atoms with E-state index in [1.807, 2.05) is 30.3 Å². The maximum Gasteiger partial charge on any atom is 0.327 e. The summed E-state index contributed by atoms with van der Waals surface area (Å²) in [5.41, 5.74) is 1.43. The second kappa shape index (κ2) is 9.12. The number of urea groups is 1. The van der Waals surface area contributed by atoms with Gasteiger partial charge in [-0.25, -0.2) is 4.79 Å². The van der Waals surface area contributed by atoms with Gasteiger partial charge in [-0.2, -0.15) is 0 Å². The first-order chi connectivity index (χ1) is 16.5. The fourth-order valence-corrected chi connectivity index (χ4v) is 5.93. The Labute approximate surface area is 200 Å². The number of fused-ring (bicyclic) bond motifs is 1. The lowest BCUT2D eigenvalue weighted by Crippen LogP contribution is -2.49. The lowest BCUT2D eigenvalue weighted by atomic mass is 9.67. The highest BCUT2D eigenvalue weighted by Gasteiger charge is 2.51. The summed E-state index contributed by atoms with van der Waals surface area (Å²) in [5, 5.41) is 3.14. The molecule has 3 aliphatic rings. The molecule has 1 aliphatic carbocycles. The zero-order chi connectivity index (χ0) is 23.7. The first kappa shape index (κ1) is 22.4. The van der Waals surface area contributed by atoms with Crippen molar-refractivity contribution >= 4 is 17.8 Å². The average Bonchev–Trinajstić information content (AvgIpc) is 3.46. The molecular formula is C27H31N3O4. The van der Waals surface area contributed by atoms with Crippen molar-refractivity contribution in [3.05, 3.63) is 65.7 Å². The Hall–Kier alpha value is -3.35. The molecule has 1 atom stereocenters. The van der Waals surface area contributed by atoms with Gasteiger partial charge in [0.05, 0.1) is 12.7 Å². The van der Waals surface area contributed by atoms with Gasteiger partial charge in [0.15, 0.2) is 0 Å².